The molecule has 0 heterocycles. The summed E-state index contributed by atoms with van der Waals surface area (Å²) in [5.74, 6) is -0.0963. The van der Waals surface area contributed by atoms with Gasteiger partial charge in [0.25, 0.3) is 0 Å². The summed E-state index contributed by atoms with van der Waals surface area (Å²) in [5, 5.41) is 5.57. The van der Waals surface area contributed by atoms with Crippen LogP contribution in [0.3, 0.4) is 0 Å². The second-order valence-electron chi connectivity index (χ2n) is 4.10. The van der Waals surface area contributed by atoms with Crippen molar-refractivity contribution in [1.82, 2.24) is 10.6 Å². The van der Waals surface area contributed by atoms with E-state index in [0.717, 1.165) is 0 Å². The number of rotatable bonds is 4. The average molecular weight is 190 g/mol. The zero-order valence-electron chi connectivity index (χ0n) is 8.78. The summed E-state index contributed by atoms with van der Waals surface area (Å²) in [6.07, 6.45) is 0. The van der Waals surface area contributed by atoms with Crippen LogP contribution in [-0.4, -0.2) is 30.7 Å². The Hall–Kier alpha value is -0.640. The summed E-state index contributed by atoms with van der Waals surface area (Å²) >= 11 is 0. The second kappa shape index (κ2) is 5.17. The lowest BCUT2D eigenvalue weighted by atomic mass is 10.1. The number of hydrogen-bond acceptors (Lipinski definition) is 2. The molecule has 4 heteroatoms. The van der Waals surface area contributed by atoms with Crippen molar-refractivity contribution in [2.24, 2.45) is 0 Å². The normalized spacial score (nSPS) is 13.9. The first-order valence-electron chi connectivity index (χ1n) is 4.48. The van der Waals surface area contributed by atoms with E-state index in [-0.39, 0.29) is 24.0 Å². The van der Waals surface area contributed by atoms with Crippen molar-refractivity contribution in [3.05, 3.63) is 0 Å². The molecule has 0 saturated carbocycles. The van der Waals surface area contributed by atoms with Gasteiger partial charge in [-0.3, -0.25) is 4.79 Å². The van der Waals surface area contributed by atoms with Crippen molar-refractivity contribution in [2.75, 3.05) is 13.2 Å². The Balaban J connectivity index is 3.83. The molecule has 0 rings (SSSR count). The van der Waals surface area contributed by atoms with Crippen LogP contribution in [0.5, 0.6) is 0 Å². The standard InChI is InChI=1S/C9H19FN2O/c1-7(11-6-5-10)8(13)12-9(2,3)4/h7,11H,5-6H2,1-4H3,(H,12,13). The van der Waals surface area contributed by atoms with Gasteiger partial charge in [0.1, 0.15) is 6.67 Å². The Bertz CT molecular complexity index is 165. The van der Waals surface area contributed by atoms with Crippen LogP contribution in [-0.2, 0) is 4.79 Å². The third-order valence-electron chi connectivity index (χ3n) is 1.44. The lowest BCUT2D eigenvalue weighted by Gasteiger charge is -2.23. The molecule has 2 N–H and O–H groups in total. The number of alkyl halides is 1. The fourth-order valence-corrected chi connectivity index (χ4v) is 0.842. The molecule has 1 atom stereocenters. The monoisotopic (exact) mass is 190 g/mol. The van der Waals surface area contributed by atoms with E-state index >= 15 is 0 Å². The Kier molecular flexibility index (Phi) is 4.91. The summed E-state index contributed by atoms with van der Waals surface area (Å²) < 4.78 is 11.8. The van der Waals surface area contributed by atoms with Gasteiger partial charge < -0.3 is 10.6 Å². The third-order valence-corrected chi connectivity index (χ3v) is 1.44. The van der Waals surface area contributed by atoms with Crippen LogP contribution in [0, 0.1) is 0 Å². The predicted molar refractivity (Wildman–Crippen MR) is 51.3 cm³/mol. The van der Waals surface area contributed by atoms with Gasteiger partial charge in [0, 0.05) is 12.1 Å². The Morgan fingerprint density at radius 2 is 2.00 bits per heavy atom. The maximum absolute atomic E-state index is 11.8. The van der Waals surface area contributed by atoms with E-state index in [1.165, 1.54) is 0 Å². The zero-order valence-corrected chi connectivity index (χ0v) is 8.78. The highest BCUT2D eigenvalue weighted by Gasteiger charge is 2.18. The lowest BCUT2D eigenvalue weighted by molar-refractivity contribution is -0.124. The minimum absolute atomic E-state index is 0.0963. The maximum atomic E-state index is 11.8. The number of amides is 1. The largest absolute Gasteiger partial charge is 0.350 e. The van der Waals surface area contributed by atoms with Crippen LogP contribution in [0.1, 0.15) is 27.7 Å². The predicted octanol–water partition coefficient (Wildman–Crippen LogP) is 0.849. The minimum Gasteiger partial charge on any atom is -0.350 e. The van der Waals surface area contributed by atoms with Gasteiger partial charge >= 0.3 is 0 Å². The molecule has 0 aliphatic carbocycles. The number of nitrogens with one attached hydrogen (secondary N) is 2. The highest BCUT2D eigenvalue weighted by molar-refractivity contribution is 5.81. The summed E-state index contributed by atoms with van der Waals surface area (Å²) in [6, 6.07) is -0.338. The fourth-order valence-electron chi connectivity index (χ4n) is 0.842. The molecule has 0 spiro atoms. The molecule has 0 aromatic heterocycles. The van der Waals surface area contributed by atoms with Crippen LogP contribution >= 0.6 is 0 Å². The van der Waals surface area contributed by atoms with E-state index in [1.54, 1.807) is 6.92 Å². The molecule has 0 aromatic carbocycles. The van der Waals surface area contributed by atoms with Gasteiger partial charge in [0.2, 0.25) is 5.91 Å². The van der Waals surface area contributed by atoms with Crippen LogP contribution in [0.25, 0.3) is 0 Å². The van der Waals surface area contributed by atoms with E-state index in [1.807, 2.05) is 20.8 Å². The fraction of sp³-hybridized carbons (Fsp3) is 0.889. The summed E-state index contributed by atoms with van der Waals surface area (Å²) in [5.41, 5.74) is -0.233. The molecular weight excluding hydrogens is 171 g/mol. The first-order chi connectivity index (χ1) is 5.87. The first kappa shape index (κ1) is 12.4. The van der Waals surface area contributed by atoms with E-state index in [2.05, 4.69) is 10.6 Å². The van der Waals surface area contributed by atoms with Crippen LogP contribution in [0.15, 0.2) is 0 Å². The quantitative estimate of drug-likeness (QED) is 0.690. The summed E-state index contributed by atoms with van der Waals surface area (Å²) in [7, 11) is 0. The number of carbonyl (C=O) groups excluding carboxylic acids is 1. The minimum atomic E-state index is -0.451. The second-order valence-corrected chi connectivity index (χ2v) is 4.10. The highest BCUT2D eigenvalue weighted by Crippen LogP contribution is 1.98. The van der Waals surface area contributed by atoms with Crippen molar-refractivity contribution < 1.29 is 9.18 Å². The summed E-state index contributed by atoms with van der Waals surface area (Å²) in [6.45, 7) is 7.22. The Morgan fingerprint density at radius 1 is 1.46 bits per heavy atom. The molecule has 0 aliphatic heterocycles. The maximum Gasteiger partial charge on any atom is 0.237 e. The van der Waals surface area contributed by atoms with Gasteiger partial charge in [-0.1, -0.05) is 0 Å². The number of halogens is 1. The smallest absolute Gasteiger partial charge is 0.237 e. The van der Waals surface area contributed by atoms with Crippen LogP contribution in [0.4, 0.5) is 4.39 Å². The van der Waals surface area contributed by atoms with Gasteiger partial charge in [-0.25, -0.2) is 4.39 Å². The van der Waals surface area contributed by atoms with Crippen molar-refractivity contribution in [2.45, 2.75) is 39.3 Å². The van der Waals surface area contributed by atoms with Gasteiger partial charge in [-0.05, 0) is 27.7 Å². The first-order valence-corrected chi connectivity index (χ1v) is 4.48. The van der Waals surface area contributed by atoms with E-state index < -0.39 is 6.67 Å². The Morgan fingerprint density at radius 3 is 2.38 bits per heavy atom. The van der Waals surface area contributed by atoms with Gasteiger partial charge in [-0.15, -0.1) is 0 Å². The zero-order chi connectivity index (χ0) is 10.5. The molecule has 78 valence electrons. The molecule has 0 aromatic rings. The molecule has 0 radical (unpaired) electrons. The molecule has 1 amide bonds. The van der Waals surface area contributed by atoms with Gasteiger partial charge in [0.15, 0.2) is 0 Å². The van der Waals surface area contributed by atoms with E-state index in [0.29, 0.717) is 0 Å². The van der Waals surface area contributed by atoms with Crippen molar-refractivity contribution >= 4 is 5.91 Å². The number of carbonyl (C=O) groups is 1. The highest BCUT2D eigenvalue weighted by atomic mass is 19.1. The van der Waals surface area contributed by atoms with E-state index in [4.69, 9.17) is 0 Å². The molecule has 0 fully saturated rings. The van der Waals surface area contributed by atoms with E-state index in [9.17, 15) is 9.18 Å². The van der Waals surface area contributed by atoms with Crippen LogP contribution in [0.2, 0.25) is 0 Å². The van der Waals surface area contributed by atoms with Gasteiger partial charge in [-0.2, -0.15) is 0 Å². The molecular formula is C9H19FN2O. The van der Waals surface area contributed by atoms with Gasteiger partial charge in [0.05, 0.1) is 6.04 Å². The van der Waals surface area contributed by atoms with Crippen LogP contribution < -0.4 is 10.6 Å². The molecule has 13 heavy (non-hydrogen) atoms. The SMILES string of the molecule is CC(NCCF)C(=O)NC(C)(C)C. The van der Waals surface area contributed by atoms with Crippen molar-refractivity contribution in [3.63, 3.8) is 0 Å². The third kappa shape index (κ3) is 6.51. The Labute approximate surface area is 79.1 Å². The topological polar surface area (TPSA) is 41.1 Å². The number of hydrogen-bond donors (Lipinski definition) is 2. The molecule has 3 nitrogen and oxygen atoms in total. The molecule has 0 aliphatic rings. The molecule has 0 saturated heterocycles. The lowest BCUT2D eigenvalue weighted by Crippen LogP contribution is -2.49. The van der Waals surface area contributed by atoms with Crippen molar-refractivity contribution in [3.8, 4) is 0 Å². The summed E-state index contributed by atoms with van der Waals surface area (Å²) in [4.78, 5) is 11.4. The molecule has 0 bridgehead atoms. The average Bonchev–Trinajstić information content (AvgIpc) is 1.96. The van der Waals surface area contributed by atoms with Crippen molar-refractivity contribution in [1.29, 1.82) is 0 Å². The molecule has 1 unspecified atom stereocenters.